The van der Waals surface area contributed by atoms with E-state index in [0.29, 0.717) is 75.2 Å². The maximum atomic E-state index is 13.0. The van der Waals surface area contributed by atoms with Gasteiger partial charge in [-0.1, -0.05) is 12.1 Å². The lowest BCUT2D eigenvalue weighted by molar-refractivity contribution is 0.0108. The molecular formula is C37H49N5O7. The van der Waals surface area contributed by atoms with Crippen molar-refractivity contribution in [3.05, 3.63) is 58.7 Å². The minimum Gasteiger partial charge on any atom is -0.444 e. The molecule has 2 saturated heterocycles. The van der Waals surface area contributed by atoms with Crippen LogP contribution in [-0.4, -0.2) is 77.0 Å². The fourth-order valence-electron chi connectivity index (χ4n) is 7.28. The number of carbonyl (C=O) groups is 5. The molecule has 5 N–H and O–H groups in total. The Morgan fingerprint density at radius 3 is 1.51 bits per heavy atom. The minimum atomic E-state index is -0.657. The quantitative estimate of drug-likeness (QED) is 0.311. The van der Waals surface area contributed by atoms with Crippen LogP contribution in [-0.2, 0) is 22.3 Å². The van der Waals surface area contributed by atoms with Gasteiger partial charge in [-0.2, -0.15) is 0 Å². The van der Waals surface area contributed by atoms with E-state index in [1.54, 1.807) is 28.0 Å². The van der Waals surface area contributed by atoms with Crippen LogP contribution in [0.3, 0.4) is 0 Å². The number of hydrogen-bond donors (Lipinski definition) is 3. The topological polar surface area (TPSA) is 174 Å². The molecule has 0 radical (unpaired) electrons. The number of primary amides is 1. The minimum absolute atomic E-state index is 0.0875. The van der Waals surface area contributed by atoms with E-state index < -0.39 is 22.6 Å². The molecule has 49 heavy (non-hydrogen) atoms. The highest BCUT2D eigenvalue weighted by Gasteiger charge is 2.49. The number of Topliss-reactive ketones (excluding diaryl/α,β-unsaturated/α-hetero) is 2. The molecule has 4 amide bonds. The summed E-state index contributed by atoms with van der Waals surface area (Å²) in [7, 11) is 0. The van der Waals surface area contributed by atoms with E-state index in [2.05, 4.69) is 5.32 Å². The number of nitrogen functional groups attached to an aromatic ring is 1. The molecule has 4 aliphatic rings. The zero-order chi connectivity index (χ0) is 35.9. The second-order valence-corrected chi connectivity index (χ2v) is 15.8. The number of anilines is 2. The summed E-state index contributed by atoms with van der Waals surface area (Å²) in [6.45, 7) is 13.2. The lowest BCUT2D eigenvalue weighted by Crippen LogP contribution is -2.47. The molecule has 2 fully saturated rings. The Balaban J connectivity index is 0.000000192. The number of ether oxygens (including phenoxy) is 2. The van der Waals surface area contributed by atoms with Crippen LogP contribution in [0, 0.1) is 10.8 Å². The van der Waals surface area contributed by atoms with Gasteiger partial charge in [0.15, 0.2) is 11.6 Å². The van der Waals surface area contributed by atoms with Crippen LogP contribution in [0.4, 0.5) is 25.8 Å². The fraction of sp³-hybridized carbons (Fsp3) is 0.541. The molecule has 2 aliphatic heterocycles. The summed E-state index contributed by atoms with van der Waals surface area (Å²) in [5, 5.41) is 2.51. The number of likely N-dealkylation sites (tertiary alicyclic amines) is 2. The summed E-state index contributed by atoms with van der Waals surface area (Å²) in [6.07, 6.45) is 3.38. The van der Waals surface area contributed by atoms with Crippen LogP contribution in [0.5, 0.6) is 0 Å². The molecule has 0 saturated carbocycles. The number of amides is 4. The maximum absolute atomic E-state index is 13.0. The summed E-state index contributed by atoms with van der Waals surface area (Å²) < 4.78 is 10.8. The molecule has 2 aromatic rings. The number of fused-ring (bicyclic) bond motifs is 2. The van der Waals surface area contributed by atoms with Crippen molar-refractivity contribution in [1.82, 2.24) is 9.80 Å². The molecule has 12 nitrogen and oxygen atoms in total. The summed E-state index contributed by atoms with van der Waals surface area (Å²) in [6, 6.07) is 10.2. The predicted molar refractivity (Wildman–Crippen MR) is 186 cm³/mol. The summed E-state index contributed by atoms with van der Waals surface area (Å²) in [5.74, 6) is 0.271. The normalized spacial score (nSPS) is 19.1. The first-order valence-corrected chi connectivity index (χ1v) is 16.9. The van der Waals surface area contributed by atoms with Gasteiger partial charge >= 0.3 is 18.2 Å². The zero-order valence-corrected chi connectivity index (χ0v) is 29.4. The van der Waals surface area contributed by atoms with Gasteiger partial charge in [-0.15, -0.1) is 0 Å². The first kappa shape index (κ1) is 35.7. The summed E-state index contributed by atoms with van der Waals surface area (Å²) >= 11 is 0. The molecule has 2 heterocycles. The van der Waals surface area contributed by atoms with Gasteiger partial charge in [0.05, 0.1) is 0 Å². The molecule has 0 unspecified atom stereocenters. The lowest BCUT2D eigenvalue weighted by Gasteiger charge is -2.38. The van der Waals surface area contributed by atoms with Crippen molar-refractivity contribution in [2.24, 2.45) is 16.6 Å². The van der Waals surface area contributed by atoms with Crippen molar-refractivity contribution >= 4 is 41.2 Å². The number of carbonyl (C=O) groups excluding carboxylic acids is 5. The molecule has 0 aromatic heterocycles. The van der Waals surface area contributed by atoms with Gasteiger partial charge in [0.25, 0.3) is 0 Å². The monoisotopic (exact) mass is 675 g/mol. The Hall–Kier alpha value is -4.61. The molecule has 264 valence electrons. The first-order chi connectivity index (χ1) is 22.8. The number of nitrogens with zero attached hydrogens (tertiary/aromatic N) is 2. The van der Waals surface area contributed by atoms with Gasteiger partial charge in [0.1, 0.15) is 11.2 Å². The Bertz CT molecular complexity index is 1660. The Kier molecular flexibility index (Phi) is 9.48. The number of hydrogen-bond acceptors (Lipinski definition) is 8. The van der Waals surface area contributed by atoms with E-state index in [1.165, 1.54) is 0 Å². The van der Waals surface area contributed by atoms with Crippen LogP contribution < -0.4 is 16.8 Å². The van der Waals surface area contributed by atoms with Crippen LogP contribution >= 0.6 is 0 Å². The van der Waals surface area contributed by atoms with Crippen molar-refractivity contribution in [2.45, 2.75) is 91.3 Å². The molecule has 2 aliphatic carbocycles. The molecule has 0 atom stereocenters. The largest absolute Gasteiger partial charge is 0.444 e. The third kappa shape index (κ3) is 7.84. The van der Waals surface area contributed by atoms with Crippen molar-refractivity contribution in [1.29, 1.82) is 0 Å². The molecule has 2 spiro atoms. The van der Waals surface area contributed by atoms with Gasteiger partial charge in [0.2, 0.25) is 0 Å². The van der Waals surface area contributed by atoms with Crippen LogP contribution in [0.2, 0.25) is 0 Å². The van der Waals surface area contributed by atoms with Crippen LogP contribution in [0.15, 0.2) is 36.4 Å². The summed E-state index contributed by atoms with van der Waals surface area (Å²) in [5.41, 5.74) is 13.7. The Labute approximate surface area is 287 Å². The highest BCUT2D eigenvalue weighted by molar-refractivity contribution is 6.07. The molecule has 12 heteroatoms. The van der Waals surface area contributed by atoms with Crippen molar-refractivity contribution in [2.75, 3.05) is 37.2 Å². The van der Waals surface area contributed by atoms with Crippen molar-refractivity contribution in [3.63, 3.8) is 0 Å². The number of piperidine rings is 2. The van der Waals surface area contributed by atoms with E-state index in [1.807, 2.05) is 59.7 Å². The second kappa shape index (κ2) is 13.0. The smallest absolute Gasteiger partial charge is 0.410 e. The zero-order valence-electron chi connectivity index (χ0n) is 29.4. The van der Waals surface area contributed by atoms with E-state index in [4.69, 9.17) is 20.9 Å². The SMILES string of the molecule is CC(C)(C)OC(=O)N1CCC2(CC1)Cc1ccc(N)cc1C2=O.CC(C)(C)OC(=O)N1CCC2(CC1)Cc1ccc(NC(N)=O)cc1C2=O. The van der Waals surface area contributed by atoms with Gasteiger partial charge in [-0.3, -0.25) is 9.59 Å². The molecule has 6 rings (SSSR count). The average Bonchev–Trinajstić information content (AvgIpc) is 3.41. The van der Waals surface area contributed by atoms with Crippen molar-refractivity contribution in [3.8, 4) is 0 Å². The third-order valence-electron chi connectivity index (χ3n) is 9.77. The third-order valence-corrected chi connectivity index (χ3v) is 9.77. The number of urea groups is 1. The van der Waals surface area contributed by atoms with E-state index >= 15 is 0 Å². The van der Waals surface area contributed by atoms with Gasteiger partial charge < -0.3 is 36.1 Å². The number of rotatable bonds is 1. The van der Waals surface area contributed by atoms with E-state index in [-0.39, 0.29) is 29.2 Å². The standard InChI is InChI=1S/C19H25N3O4.C18H24N2O3/c1-18(2,3)26-17(25)22-8-6-19(7-9-22)11-12-4-5-13(21-16(20)24)10-14(12)15(19)23;1-17(2,3)23-16(22)20-8-6-18(7-9-20)11-12-4-5-13(19)10-14(12)15(18)21/h4-5,10H,6-9,11H2,1-3H3,(H3,20,21,24);4-5,10H,6-9,11,19H2,1-3H3. The Morgan fingerprint density at radius 2 is 1.10 bits per heavy atom. The van der Waals surface area contributed by atoms with E-state index in [9.17, 15) is 24.0 Å². The summed E-state index contributed by atoms with van der Waals surface area (Å²) in [4.78, 5) is 64.7. The second-order valence-electron chi connectivity index (χ2n) is 15.8. The average molecular weight is 676 g/mol. The van der Waals surface area contributed by atoms with E-state index in [0.717, 1.165) is 23.1 Å². The number of nitrogens with two attached hydrogens (primary N) is 2. The molecule has 2 aromatic carbocycles. The number of ketones is 2. The molecular weight excluding hydrogens is 626 g/mol. The lowest BCUT2D eigenvalue weighted by atomic mass is 9.75. The predicted octanol–water partition coefficient (Wildman–Crippen LogP) is 5.96. The first-order valence-electron chi connectivity index (χ1n) is 16.9. The molecule has 0 bridgehead atoms. The number of benzene rings is 2. The van der Waals surface area contributed by atoms with Gasteiger partial charge in [0, 0.05) is 59.5 Å². The maximum Gasteiger partial charge on any atom is 0.410 e. The number of nitrogens with one attached hydrogen (secondary N) is 1. The van der Waals surface area contributed by atoms with Crippen LogP contribution in [0.1, 0.15) is 99.1 Å². The van der Waals surface area contributed by atoms with Gasteiger partial charge in [-0.25, -0.2) is 14.4 Å². The van der Waals surface area contributed by atoms with Gasteiger partial charge in [-0.05, 0) is 115 Å². The fourth-order valence-corrected chi connectivity index (χ4v) is 7.28. The van der Waals surface area contributed by atoms with Crippen molar-refractivity contribution < 1.29 is 33.4 Å². The Morgan fingerprint density at radius 1 is 0.694 bits per heavy atom. The highest BCUT2D eigenvalue weighted by Crippen LogP contribution is 2.46. The van der Waals surface area contributed by atoms with Crippen LogP contribution in [0.25, 0.3) is 0 Å². The highest BCUT2D eigenvalue weighted by atomic mass is 16.6.